The maximum Gasteiger partial charge on any atom is 0.326 e. The van der Waals surface area contributed by atoms with Crippen molar-refractivity contribution in [3.8, 4) is 0 Å². The van der Waals surface area contributed by atoms with Gasteiger partial charge in [-0.05, 0) is 33.7 Å². The van der Waals surface area contributed by atoms with Gasteiger partial charge < -0.3 is 20.3 Å². The van der Waals surface area contributed by atoms with E-state index in [0.29, 0.717) is 25.3 Å². The van der Waals surface area contributed by atoms with Crippen LogP contribution in [0, 0.1) is 0 Å². The Morgan fingerprint density at radius 3 is 2.00 bits per heavy atom. The minimum atomic E-state index is -1.63. The Kier molecular flexibility index (Phi) is 8.41. The van der Waals surface area contributed by atoms with Gasteiger partial charge in [-0.2, -0.15) is 0 Å². The van der Waals surface area contributed by atoms with Crippen LogP contribution in [0.4, 0.5) is 0 Å². The molecule has 0 aliphatic carbocycles. The van der Waals surface area contributed by atoms with Crippen molar-refractivity contribution in [3.63, 3.8) is 0 Å². The van der Waals surface area contributed by atoms with E-state index >= 15 is 0 Å². The number of rotatable bonds is 8. The fourth-order valence-corrected chi connectivity index (χ4v) is 3.67. The first-order valence-corrected chi connectivity index (χ1v) is 6.97. The third kappa shape index (κ3) is 5.07. The molecule has 86 valence electrons. The molecule has 0 amide bonds. The Morgan fingerprint density at radius 1 is 1.21 bits per heavy atom. The standard InChI is InChI=1S/C9H24N2O2Si/c1-4-12-14(13-5-2)9(6-7-10)8(3)11/h8-9,14H,4-7,10-11H2,1-3H3. The Balaban J connectivity index is 4.21. The predicted molar refractivity (Wildman–Crippen MR) is 61.5 cm³/mol. The van der Waals surface area contributed by atoms with Crippen molar-refractivity contribution in [2.24, 2.45) is 11.5 Å². The minimum Gasteiger partial charge on any atom is -0.397 e. The summed E-state index contributed by atoms with van der Waals surface area (Å²) in [4.78, 5) is 0. The van der Waals surface area contributed by atoms with Crippen LogP contribution in [0.3, 0.4) is 0 Å². The molecule has 0 radical (unpaired) electrons. The molecule has 0 rings (SSSR count). The lowest BCUT2D eigenvalue weighted by Gasteiger charge is -2.27. The van der Waals surface area contributed by atoms with Gasteiger partial charge in [0.25, 0.3) is 0 Å². The maximum absolute atomic E-state index is 5.90. The molecule has 0 heterocycles. The molecule has 0 aliphatic heterocycles. The zero-order chi connectivity index (χ0) is 11.0. The lowest BCUT2D eigenvalue weighted by molar-refractivity contribution is 0.198. The van der Waals surface area contributed by atoms with Gasteiger partial charge in [0.2, 0.25) is 0 Å². The van der Waals surface area contributed by atoms with Crippen LogP contribution >= 0.6 is 0 Å². The molecule has 0 bridgehead atoms. The smallest absolute Gasteiger partial charge is 0.326 e. The topological polar surface area (TPSA) is 70.5 Å². The van der Waals surface area contributed by atoms with Crippen molar-refractivity contribution < 1.29 is 8.85 Å². The highest BCUT2D eigenvalue weighted by Gasteiger charge is 2.28. The predicted octanol–water partition coefficient (Wildman–Crippen LogP) is 0.346. The summed E-state index contributed by atoms with van der Waals surface area (Å²) < 4.78 is 11.3. The second-order valence-electron chi connectivity index (χ2n) is 3.38. The van der Waals surface area contributed by atoms with Gasteiger partial charge in [0.1, 0.15) is 0 Å². The van der Waals surface area contributed by atoms with Gasteiger partial charge in [0.15, 0.2) is 0 Å². The highest BCUT2D eigenvalue weighted by atomic mass is 28.3. The number of hydrogen-bond acceptors (Lipinski definition) is 4. The van der Waals surface area contributed by atoms with Crippen LogP contribution in [-0.2, 0) is 8.85 Å². The van der Waals surface area contributed by atoms with Crippen molar-refractivity contribution in [2.75, 3.05) is 19.8 Å². The highest BCUT2D eigenvalue weighted by molar-refractivity contribution is 6.46. The first kappa shape index (κ1) is 14.1. The molecule has 2 unspecified atom stereocenters. The van der Waals surface area contributed by atoms with Gasteiger partial charge in [0, 0.05) is 24.8 Å². The van der Waals surface area contributed by atoms with Gasteiger partial charge in [-0.1, -0.05) is 0 Å². The monoisotopic (exact) mass is 220 g/mol. The first-order valence-electron chi connectivity index (χ1n) is 5.36. The Hall–Kier alpha value is 0.0569. The van der Waals surface area contributed by atoms with Crippen molar-refractivity contribution in [1.29, 1.82) is 0 Å². The molecule has 14 heavy (non-hydrogen) atoms. The molecule has 0 saturated heterocycles. The van der Waals surface area contributed by atoms with Crippen LogP contribution in [0.25, 0.3) is 0 Å². The summed E-state index contributed by atoms with van der Waals surface area (Å²) in [5, 5.41) is 0. The first-order chi connectivity index (χ1) is 6.67. The summed E-state index contributed by atoms with van der Waals surface area (Å²) in [6.45, 7) is 8.02. The van der Waals surface area contributed by atoms with Crippen LogP contribution in [0.15, 0.2) is 0 Å². The van der Waals surface area contributed by atoms with E-state index < -0.39 is 9.28 Å². The third-order valence-corrected chi connectivity index (χ3v) is 5.15. The minimum absolute atomic E-state index is 0.105. The van der Waals surface area contributed by atoms with Gasteiger partial charge >= 0.3 is 9.28 Å². The zero-order valence-corrected chi connectivity index (χ0v) is 10.7. The molecule has 0 saturated carbocycles. The highest BCUT2D eigenvalue weighted by Crippen LogP contribution is 2.20. The molecule has 0 aromatic carbocycles. The Labute approximate surface area is 88.8 Å². The average Bonchev–Trinajstić information content (AvgIpc) is 2.13. The fraction of sp³-hybridized carbons (Fsp3) is 1.00. The summed E-state index contributed by atoms with van der Waals surface area (Å²) in [5.41, 5.74) is 11.8. The molecule has 4 nitrogen and oxygen atoms in total. The van der Waals surface area contributed by atoms with E-state index in [0.717, 1.165) is 6.42 Å². The van der Waals surface area contributed by atoms with Crippen molar-refractivity contribution in [2.45, 2.75) is 38.8 Å². The Bertz CT molecular complexity index is 130. The quantitative estimate of drug-likeness (QED) is 0.579. The summed E-state index contributed by atoms with van der Waals surface area (Å²) >= 11 is 0. The van der Waals surface area contributed by atoms with Crippen molar-refractivity contribution in [1.82, 2.24) is 0 Å². The fourth-order valence-electron chi connectivity index (χ4n) is 1.46. The summed E-state index contributed by atoms with van der Waals surface area (Å²) in [6.07, 6.45) is 0.897. The van der Waals surface area contributed by atoms with Crippen molar-refractivity contribution in [3.05, 3.63) is 0 Å². The third-order valence-electron chi connectivity index (χ3n) is 2.19. The molecule has 2 atom stereocenters. The molecular weight excluding hydrogens is 196 g/mol. The van der Waals surface area contributed by atoms with Gasteiger partial charge in [0.05, 0.1) is 0 Å². The largest absolute Gasteiger partial charge is 0.397 e. The molecule has 4 N–H and O–H groups in total. The van der Waals surface area contributed by atoms with E-state index in [1.54, 1.807) is 0 Å². The normalized spacial score (nSPS) is 15.9. The van der Waals surface area contributed by atoms with Gasteiger partial charge in [-0.3, -0.25) is 0 Å². The van der Waals surface area contributed by atoms with Crippen LogP contribution in [0.5, 0.6) is 0 Å². The van der Waals surface area contributed by atoms with Gasteiger partial charge in [-0.15, -0.1) is 0 Å². The summed E-state index contributed by atoms with van der Waals surface area (Å²) in [6, 6.07) is 0.105. The van der Waals surface area contributed by atoms with E-state index in [9.17, 15) is 0 Å². The SMILES string of the molecule is CCO[SiH](OCC)C(CCN)C(C)N. The van der Waals surface area contributed by atoms with E-state index in [-0.39, 0.29) is 6.04 Å². The second-order valence-corrected chi connectivity index (χ2v) is 5.64. The van der Waals surface area contributed by atoms with Crippen LogP contribution < -0.4 is 11.5 Å². The van der Waals surface area contributed by atoms with Gasteiger partial charge in [-0.25, -0.2) is 0 Å². The number of nitrogens with two attached hydrogens (primary N) is 2. The molecule has 5 heteroatoms. The molecule has 0 aromatic rings. The van der Waals surface area contributed by atoms with Crippen LogP contribution in [-0.4, -0.2) is 35.1 Å². The molecule has 0 spiro atoms. The second kappa shape index (κ2) is 8.37. The lowest BCUT2D eigenvalue weighted by atomic mass is 10.2. The van der Waals surface area contributed by atoms with Crippen molar-refractivity contribution >= 4 is 9.28 Å². The Morgan fingerprint density at radius 2 is 1.71 bits per heavy atom. The molecular formula is C9H24N2O2Si. The lowest BCUT2D eigenvalue weighted by Crippen LogP contribution is -2.39. The van der Waals surface area contributed by atoms with Crippen LogP contribution in [0.1, 0.15) is 27.2 Å². The molecule has 0 aliphatic rings. The summed E-state index contributed by atoms with van der Waals surface area (Å²) in [7, 11) is -1.63. The molecule has 0 fully saturated rings. The van der Waals surface area contributed by atoms with E-state index in [2.05, 4.69) is 0 Å². The van der Waals surface area contributed by atoms with E-state index in [4.69, 9.17) is 20.3 Å². The average molecular weight is 220 g/mol. The van der Waals surface area contributed by atoms with E-state index in [1.165, 1.54) is 0 Å². The zero-order valence-electron chi connectivity index (χ0n) is 9.53. The molecule has 0 aromatic heterocycles. The maximum atomic E-state index is 5.90. The van der Waals surface area contributed by atoms with Crippen LogP contribution in [0.2, 0.25) is 5.54 Å². The van der Waals surface area contributed by atoms with E-state index in [1.807, 2.05) is 20.8 Å². The number of hydrogen-bond donors (Lipinski definition) is 2. The summed E-state index contributed by atoms with van der Waals surface area (Å²) in [5.74, 6) is 0.